The normalized spacial score (nSPS) is 49.0. The Balaban J connectivity index is 1.55. The van der Waals surface area contributed by atoms with Gasteiger partial charge in [-0.2, -0.15) is 0 Å². The van der Waals surface area contributed by atoms with E-state index in [0.29, 0.717) is 24.0 Å². The molecule has 0 unspecified atom stereocenters. The van der Waals surface area contributed by atoms with E-state index in [1.165, 1.54) is 14.0 Å². The number of ketones is 1. The summed E-state index contributed by atoms with van der Waals surface area (Å²) in [4.78, 5) is 39.9. The number of Topliss-reactive ketones (excluding diaryl/α,β-unsaturated/α-hetero) is 1. The van der Waals surface area contributed by atoms with Crippen molar-refractivity contribution in [2.24, 2.45) is 56.2 Å². The number of fused-ring (bicyclic) bond motifs is 7. The molecule has 5 nitrogen and oxygen atoms in total. The molecule has 0 aromatic rings. The first kappa shape index (κ1) is 28.1. The van der Waals surface area contributed by atoms with Gasteiger partial charge in [-0.15, -0.1) is 0 Å². The van der Waals surface area contributed by atoms with Gasteiger partial charge in [0.2, 0.25) is 0 Å². The summed E-state index contributed by atoms with van der Waals surface area (Å²) in [7, 11) is 1.53. The fourth-order valence-electron chi connectivity index (χ4n) is 11.7. The minimum Gasteiger partial charge on any atom is -0.469 e. The van der Waals surface area contributed by atoms with Gasteiger partial charge in [0, 0.05) is 24.7 Å². The van der Waals surface area contributed by atoms with Crippen molar-refractivity contribution in [3.8, 4) is 0 Å². The number of methoxy groups -OCH3 is 1. The van der Waals surface area contributed by atoms with Gasteiger partial charge in [0.1, 0.15) is 11.9 Å². The van der Waals surface area contributed by atoms with Crippen molar-refractivity contribution in [1.29, 1.82) is 0 Å². The zero-order valence-corrected chi connectivity index (χ0v) is 25.5. The molecule has 0 spiro atoms. The zero-order chi connectivity index (χ0) is 28.1. The molecule has 5 aliphatic rings. The molecule has 38 heavy (non-hydrogen) atoms. The molecule has 0 bridgehead atoms. The van der Waals surface area contributed by atoms with Crippen LogP contribution in [-0.4, -0.2) is 30.9 Å². The van der Waals surface area contributed by atoms with Crippen molar-refractivity contribution < 1.29 is 23.9 Å². The van der Waals surface area contributed by atoms with E-state index in [9.17, 15) is 14.4 Å². The van der Waals surface area contributed by atoms with Crippen molar-refractivity contribution in [2.75, 3.05) is 7.11 Å². The minimum atomic E-state index is -0.515. The number of carbonyl (C=O) groups excluding carboxylic acids is 3. The van der Waals surface area contributed by atoms with Crippen LogP contribution in [0.25, 0.3) is 0 Å². The van der Waals surface area contributed by atoms with Crippen LogP contribution in [-0.2, 0) is 23.9 Å². The van der Waals surface area contributed by atoms with E-state index >= 15 is 0 Å². The Kier molecular flexibility index (Phi) is 6.34. The van der Waals surface area contributed by atoms with E-state index in [0.717, 1.165) is 57.8 Å². The van der Waals surface area contributed by atoms with Crippen LogP contribution in [0.3, 0.4) is 0 Å². The Hall–Kier alpha value is -1.39. The molecule has 0 aliphatic heterocycles. The summed E-state index contributed by atoms with van der Waals surface area (Å²) in [6.45, 7) is 18.1. The average Bonchev–Trinajstić information content (AvgIpc) is 2.81. The van der Waals surface area contributed by atoms with Gasteiger partial charge in [0.25, 0.3) is 0 Å². The fraction of sp³-hybridized carbons (Fsp3) is 0.909. The molecule has 5 heteroatoms. The number of esters is 2. The lowest BCUT2D eigenvalue weighted by Crippen LogP contribution is -2.70. The molecule has 9 atom stereocenters. The molecular formula is C33H52O5. The molecule has 0 aromatic carbocycles. The molecule has 0 amide bonds. The molecule has 5 aliphatic carbocycles. The first-order valence-corrected chi connectivity index (χ1v) is 15.3. The molecule has 0 radical (unpaired) electrons. The van der Waals surface area contributed by atoms with Crippen molar-refractivity contribution in [3.63, 3.8) is 0 Å². The Labute approximate surface area is 230 Å². The quantitative estimate of drug-likeness (QED) is 0.356. The highest BCUT2D eigenvalue weighted by Gasteiger charge is 2.73. The summed E-state index contributed by atoms with van der Waals surface area (Å²) in [5.74, 6) is 0.815. The first-order chi connectivity index (χ1) is 17.5. The maximum absolute atomic E-state index is 14.5. The summed E-state index contributed by atoms with van der Waals surface area (Å²) < 4.78 is 11.3. The monoisotopic (exact) mass is 528 g/mol. The van der Waals surface area contributed by atoms with Gasteiger partial charge in [-0.25, -0.2) is 0 Å². The van der Waals surface area contributed by atoms with Crippen LogP contribution < -0.4 is 0 Å². The predicted molar refractivity (Wildman–Crippen MR) is 147 cm³/mol. The first-order valence-electron chi connectivity index (χ1n) is 15.3. The molecule has 0 N–H and O–H groups in total. The highest BCUT2D eigenvalue weighted by molar-refractivity contribution is 5.86. The predicted octanol–water partition coefficient (Wildman–Crippen LogP) is 7.15. The smallest absolute Gasteiger partial charge is 0.312 e. The lowest BCUT2D eigenvalue weighted by molar-refractivity contribution is -0.248. The second kappa shape index (κ2) is 8.56. The third-order valence-corrected chi connectivity index (χ3v) is 13.9. The highest BCUT2D eigenvalue weighted by Crippen LogP contribution is 2.76. The van der Waals surface area contributed by atoms with Crippen molar-refractivity contribution in [2.45, 2.75) is 126 Å². The average molecular weight is 529 g/mol. The largest absolute Gasteiger partial charge is 0.469 e. The summed E-state index contributed by atoms with van der Waals surface area (Å²) in [6.07, 6.45) is 9.13. The lowest BCUT2D eigenvalue weighted by Gasteiger charge is -2.72. The van der Waals surface area contributed by atoms with Crippen LogP contribution in [0.4, 0.5) is 0 Å². The molecular weight excluding hydrogens is 476 g/mol. The number of ether oxygens (including phenoxy) is 2. The summed E-state index contributed by atoms with van der Waals surface area (Å²) in [5.41, 5.74) is -0.585. The van der Waals surface area contributed by atoms with Gasteiger partial charge in [0.15, 0.2) is 0 Å². The van der Waals surface area contributed by atoms with Crippen LogP contribution in [0.15, 0.2) is 0 Å². The molecule has 0 aromatic heterocycles. The van der Waals surface area contributed by atoms with Crippen LogP contribution in [0.2, 0.25) is 0 Å². The van der Waals surface area contributed by atoms with Crippen LogP contribution in [0.1, 0.15) is 120 Å². The molecule has 214 valence electrons. The second-order valence-electron chi connectivity index (χ2n) is 16.2. The Morgan fingerprint density at radius 2 is 1.47 bits per heavy atom. The van der Waals surface area contributed by atoms with Crippen LogP contribution >= 0.6 is 0 Å². The van der Waals surface area contributed by atoms with Gasteiger partial charge in [-0.05, 0) is 97.2 Å². The number of carbonyl (C=O) groups is 3. The third-order valence-electron chi connectivity index (χ3n) is 13.9. The topological polar surface area (TPSA) is 69.7 Å². The number of rotatable bonds is 2. The molecule has 0 heterocycles. The van der Waals surface area contributed by atoms with Crippen LogP contribution in [0, 0.1) is 56.2 Å². The SMILES string of the molecule is COC(=O)[C@]12CCC(C)(C)C[C@@H]1[C@H]1C(=O)C[C@@H]3[C@@]4(C)CC[C@H](OC(C)=O)C(C)(C)[C@H]4CC[C@@]3(C)[C@]1(C)CC2. The third kappa shape index (κ3) is 3.57. The maximum Gasteiger partial charge on any atom is 0.312 e. The van der Waals surface area contributed by atoms with Gasteiger partial charge in [0.05, 0.1) is 12.5 Å². The van der Waals surface area contributed by atoms with Gasteiger partial charge >= 0.3 is 11.9 Å². The minimum absolute atomic E-state index is 0.0273. The van der Waals surface area contributed by atoms with E-state index in [1.807, 2.05) is 0 Å². The molecule has 5 saturated carbocycles. The van der Waals surface area contributed by atoms with Crippen molar-refractivity contribution in [3.05, 3.63) is 0 Å². The zero-order valence-electron chi connectivity index (χ0n) is 25.5. The summed E-state index contributed by atoms with van der Waals surface area (Å²) in [6, 6.07) is 0. The summed E-state index contributed by atoms with van der Waals surface area (Å²) in [5, 5.41) is 0. The Bertz CT molecular complexity index is 1030. The van der Waals surface area contributed by atoms with E-state index in [1.54, 1.807) is 0 Å². The van der Waals surface area contributed by atoms with Crippen molar-refractivity contribution in [1.82, 2.24) is 0 Å². The van der Waals surface area contributed by atoms with E-state index < -0.39 is 5.41 Å². The van der Waals surface area contributed by atoms with Crippen LogP contribution in [0.5, 0.6) is 0 Å². The number of hydrogen-bond acceptors (Lipinski definition) is 5. The Morgan fingerprint density at radius 1 is 0.816 bits per heavy atom. The molecule has 5 fully saturated rings. The van der Waals surface area contributed by atoms with E-state index in [-0.39, 0.29) is 57.0 Å². The van der Waals surface area contributed by atoms with Gasteiger partial charge in [-0.3, -0.25) is 14.4 Å². The standard InChI is InChI=1S/C33H52O5/c1-20(34)38-25-11-12-30(6)23(29(25,4)5)10-13-31(7)24(30)18-22(35)26-21-19-28(2,3)14-16-33(21,27(36)37-9)17-15-32(26,31)8/h21,23-26H,10-19H2,1-9H3/t21-,23-,24-,25+,26+,30+,31-,32-,33+/m1/s1. The van der Waals surface area contributed by atoms with Gasteiger partial charge in [-0.1, -0.05) is 48.5 Å². The second-order valence-corrected chi connectivity index (χ2v) is 16.2. The number of hydrogen-bond donors (Lipinski definition) is 0. The van der Waals surface area contributed by atoms with Gasteiger partial charge < -0.3 is 9.47 Å². The lowest BCUT2D eigenvalue weighted by atomic mass is 9.31. The highest BCUT2D eigenvalue weighted by atomic mass is 16.5. The van der Waals surface area contributed by atoms with E-state index in [4.69, 9.17) is 9.47 Å². The summed E-state index contributed by atoms with van der Waals surface area (Å²) >= 11 is 0. The van der Waals surface area contributed by atoms with E-state index in [2.05, 4.69) is 48.5 Å². The maximum atomic E-state index is 14.5. The molecule has 5 rings (SSSR count). The molecule has 0 saturated heterocycles. The van der Waals surface area contributed by atoms with Crippen molar-refractivity contribution >= 4 is 17.7 Å². The Morgan fingerprint density at radius 3 is 2.11 bits per heavy atom. The fourth-order valence-corrected chi connectivity index (χ4v) is 11.7.